The molecule has 0 unspecified atom stereocenters. The SMILES string of the molecule is CCN1/C(=C\C=C\C2=[N+](CCCCCC=O)c3ccc4c(c3C2(C)C)CCCC4)C(C)(C)c2c1ccc1ccccc21. The first-order valence-electron chi connectivity index (χ1n) is 16.2. The standard InChI is InChI=1S/C39H47N2O/c1-6-40-32-24-22-28-16-9-11-18-30(28)36(32)38(2,3)34(40)20-15-21-35-39(4,5)37-31-19-12-10-17-29(31)23-25-33(37)41(35)26-13-7-8-14-27-42/h9,11,15-16,18,20-25,27H,6-8,10,12-14,17,19,26H2,1-5H3/q+1. The van der Waals surface area contributed by atoms with Crippen molar-refractivity contribution in [3.8, 4) is 0 Å². The number of rotatable bonds is 9. The van der Waals surface area contributed by atoms with Crippen LogP contribution in [0.15, 0.2) is 72.5 Å². The number of nitrogens with zero attached hydrogens (tertiary/aromatic N) is 2. The third kappa shape index (κ3) is 4.66. The summed E-state index contributed by atoms with van der Waals surface area (Å²) in [7, 11) is 0. The minimum atomic E-state index is -0.0906. The first-order valence-corrected chi connectivity index (χ1v) is 16.2. The van der Waals surface area contributed by atoms with Crippen LogP contribution in [0.4, 0.5) is 11.4 Å². The van der Waals surface area contributed by atoms with Crippen molar-refractivity contribution < 1.29 is 9.37 Å². The molecule has 6 rings (SSSR count). The molecule has 0 N–H and O–H groups in total. The molecular weight excluding hydrogens is 512 g/mol. The van der Waals surface area contributed by atoms with Crippen LogP contribution in [-0.4, -0.2) is 29.7 Å². The van der Waals surface area contributed by atoms with Gasteiger partial charge in [0, 0.05) is 53.9 Å². The Bertz CT molecular complexity index is 1620. The third-order valence-corrected chi connectivity index (χ3v) is 10.1. The number of unbranched alkanes of at least 4 members (excludes halogenated alkanes) is 3. The van der Waals surface area contributed by atoms with Crippen LogP contribution in [0.25, 0.3) is 10.8 Å². The molecule has 1 aliphatic carbocycles. The molecule has 0 saturated heterocycles. The molecule has 42 heavy (non-hydrogen) atoms. The van der Waals surface area contributed by atoms with Gasteiger partial charge in [-0.1, -0.05) is 56.3 Å². The Kier molecular flexibility index (Phi) is 7.72. The lowest BCUT2D eigenvalue weighted by molar-refractivity contribution is -0.438. The number of likely N-dealkylation sites (N-methyl/N-ethyl adjacent to an activating group) is 1. The number of aryl methyl sites for hydroxylation is 1. The molecule has 0 atom stereocenters. The van der Waals surface area contributed by atoms with E-state index < -0.39 is 0 Å². The van der Waals surface area contributed by atoms with Crippen molar-refractivity contribution in [2.24, 2.45) is 0 Å². The molecule has 0 fully saturated rings. The molecule has 0 saturated carbocycles. The summed E-state index contributed by atoms with van der Waals surface area (Å²) in [4.78, 5) is 13.4. The van der Waals surface area contributed by atoms with Crippen LogP contribution < -0.4 is 4.90 Å². The van der Waals surface area contributed by atoms with Gasteiger partial charge in [0.25, 0.3) is 0 Å². The predicted octanol–water partition coefficient (Wildman–Crippen LogP) is 9.11. The number of carbonyl (C=O) groups excluding carboxylic acids is 1. The number of aldehydes is 1. The number of hydrogen-bond acceptors (Lipinski definition) is 2. The van der Waals surface area contributed by atoms with Crippen molar-refractivity contribution in [1.29, 1.82) is 0 Å². The highest BCUT2D eigenvalue weighted by atomic mass is 16.1. The average molecular weight is 560 g/mol. The van der Waals surface area contributed by atoms with Crippen LogP contribution in [0.1, 0.15) is 95.4 Å². The van der Waals surface area contributed by atoms with Crippen LogP contribution in [0.2, 0.25) is 0 Å². The fraction of sp³-hybridized carbons (Fsp3) is 0.436. The lowest BCUT2D eigenvalue weighted by Gasteiger charge is -2.26. The highest BCUT2D eigenvalue weighted by molar-refractivity contribution is 6.04. The quantitative estimate of drug-likeness (QED) is 0.148. The first kappa shape index (κ1) is 28.6. The second-order valence-corrected chi connectivity index (χ2v) is 13.4. The summed E-state index contributed by atoms with van der Waals surface area (Å²) in [6, 6.07) is 18.2. The van der Waals surface area contributed by atoms with Crippen molar-refractivity contribution in [3.05, 3.63) is 94.7 Å². The van der Waals surface area contributed by atoms with E-state index in [2.05, 4.69) is 111 Å². The fourth-order valence-corrected chi connectivity index (χ4v) is 8.15. The Morgan fingerprint density at radius 3 is 2.50 bits per heavy atom. The van der Waals surface area contributed by atoms with Gasteiger partial charge < -0.3 is 9.69 Å². The Morgan fingerprint density at radius 1 is 0.881 bits per heavy atom. The van der Waals surface area contributed by atoms with Gasteiger partial charge in [0.05, 0.1) is 5.41 Å². The summed E-state index contributed by atoms with van der Waals surface area (Å²) in [6.07, 6.45) is 17.0. The summed E-state index contributed by atoms with van der Waals surface area (Å²) >= 11 is 0. The Labute approximate surface area is 252 Å². The van der Waals surface area contributed by atoms with Gasteiger partial charge in [0.2, 0.25) is 5.69 Å². The van der Waals surface area contributed by atoms with E-state index in [1.54, 1.807) is 16.7 Å². The molecule has 218 valence electrons. The summed E-state index contributed by atoms with van der Waals surface area (Å²) in [5.41, 5.74) is 11.5. The molecular formula is C39H47N2O+. The maximum Gasteiger partial charge on any atom is 0.210 e. The van der Waals surface area contributed by atoms with Gasteiger partial charge >= 0.3 is 0 Å². The van der Waals surface area contributed by atoms with Gasteiger partial charge in [-0.2, -0.15) is 4.58 Å². The molecule has 3 nitrogen and oxygen atoms in total. The molecule has 2 heterocycles. The van der Waals surface area contributed by atoms with Crippen molar-refractivity contribution in [2.75, 3.05) is 18.0 Å². The predicted molar refractivity (Wildman–Crippen MR) is 178 cm³/mol. The van der Waals surface area contributed by atoms with E-state index in [1.807, 2.05) is 0 Å². The molecule has 0 aromatic heterocycles. The summed E-state index contributed by atoms with van der Waals surface area (Å²) in [5, 5.41) is 2.67. The Morgan fingerprint density at radius 2 is 1.69 bits per heavy atom. The van der Waals surface area contributed by atoms with E-state index in [0.717, 1.165) is 38.6 Å². The van der Waals surface area contributed by atoms with Gasteiger partial charge in [0.1, 0.15) is 12.8 Å². The van der Waals surface area contributed by atoms with Crippen LogP contribution in [0.5, 0.6) is 0 Å². The van der Waals surface area contributed by atoms with Crippen molar-refractivity contribution in [1.82, 2.24) is 0 Å². The van der Waals surface area contributed by atoms with E-state index in [4.69, 9.17) is 0 Å². The number of anilines is 1. The lowest BCUT2D eigenvalue weighted by atomic mass is 9.75. The van der Waals surface area contributed by atoms with Gasteiger partial charge in [-0.3, -0.25) is 0 Å². The molecule has 3 heteroatoms. The van der Waals surface area contributed by atoms with Gasteiger partial charge in [0.15, 0.2) is 5.71 Å². The summed E-state index contributed by atoms with van der Waals surface area (Å²) in [6.45, 7) is 13.8. The average Bonchev–Trinajstić information content (AvgIpc) is 3.35. The molecule has 0 bridgehead atoms. The number of hydrogen-bond donors (Lipinski definition) is 0. The highest BCUT2D eigenvalue weighted by Gasteiger charge is 2.46. The van der Waals surface area contributed by atoms with E-state index in [1.165, 1.54) is 64.8 Å². The molecule has 0 spiro atoms. The number of allylic oxidation sites excluding steroid dienone is 4. The smallest absolute Gasteiger partial charge is 0.210 e. The zero-order valence-electron chi connectivity index (χ0n) is 26.3. The van der Waals surface area contributed by atoms with Crippen LogP contribution in [-0.2, 0) is 28.5 Å². The first-order chi connectivity index (χ1) is 20.3. The maximum atomic E-state index is 10.9. The molecule has 0 amide bonds. The largest absolute Gasteiger partial charge is 0.344 e. The van der Waals surface area contributed by atoms with E-state index in [9.17, 15) is 4.79 Å². The Hall–Kier alpha value is -3.46. The molecule has 3 aliphatic rings. The van der Waals surface area contributed by atoms with E-state index in [0.29, 0.717) is 6.42 Å². The minimum Gasteiger partial charge on any atom is -0.344 e. The number of fused-ring (bicyclic) bond motifs is 6. The molecule has 2 aliphatic heterocycles. The van der Waals surface area contributed by atoms with Gasteiger partial charge in [-0.05, 0) is 98.9 Å². The van der Waals surface area contributed by atoms with Crippen LogP contribution in [0, 0.1) is 0 Å². The normalized spacial score (nSPS) is 19.5. The van der Waals surface area contributed by atoms with Crippen LogP contribution in [0.3, 0.4) is 0 Å². The summed E-state index contributed by atoms with van der Waals surface area (Å²) < 4.78 is 2.60. The minimum absolute atomic E-state index is 0.0510. The maximum absolute atomic E-state index is 10.9. The Balaban J connectivity index is 1.40. The lowest BCUT2D eigenvalue weighted by Crippen LogP contribution is -2.29. The second kappa shape index (κ2) is 11.3. The zero-order valence-corrected chi connectivity index (χ0v) is 26.3. The highest BCUT2D eigenvalue weighted by Crippen LogP contribution is 2.51. The topological polar surface area (TPSA) is 23.3 Å². The second-order valence-electron chi connectivity index (χ2n) is 13.4. The zero-order chi connectivity index (χ0) is 29.5. The summed E-state index contributed by atoms with van der Waals surface area (Å²) in [5.74, 6) is 0. The van der Waals surface area contributed by atoms with E-state index >= 15 is 0 Å². The van der Waals surface area contributed by atoms with Crippen LogP contribution >= 0.6 is 0 Å². The van der Waals surface area contributed by atoms with Gasteiger partial charge in [-0.15, -0.1) is 0 Å². The van der Waals surface area contributed by atoms with Crippen molar-refractivity contribution in [3.63, 3.8) is 0 Å². The molecule has 0 radical (unpaired) electrons. The third-order valence-electron chi connectivity index (χ3n) is 10.1. The van der Waals surface area contributed by atoms with Gasteiger partial charge in [-0.25, -0.2) is 0 Å². The number of carbonyl (C=O) groups is 1. The molecule has 3 aromatic rings. The van der Waals surface area contributed by atoms with Crippen molar-refractivity contribution >= 4 is 34.1 Å². The monoisotopic (exact) mass is 559 g/mol. The molecule has 3 aromatic carbocycles. The number of benzene rings is 3. The van der Waals surface area contributed by atoms with Crippen molar-refractivity contribution in [2.45, 2.75) is 96.8 Å². The fourth-order valence-electron chi connectivity index (χ4n) is 8.15. The van der Waals surface area contributed by atoms with E-state index in [-0.39, 0.29) is 10.8 Å².